The van der Waals surface area contributed by atoms with E-state index in [1.165, 1.54) is 5.56 Å². The van der Waals surface area contributed by atoms with Crippen LogP contribution in [0.2, 0.25) is 0 Å². The van der Waals surface area contributed by atoms with E-state index >= 15 is 0 Å². The van der Waals surface area contributed by atoms with Gasteiger partial charge < -0.3 is 10.5 Å². The van der Waals surface area contributed by atoms with Gasteiger partial charge in [-0.3, -0.25) is 4.98 Å². The van der Waals surface area contributed by atoms with E-state index in [4.69, 9.17) is 10.5 Å². The zero-order chi connectivity index (χ0) is 15.4. The van der Waals surface area contributed by atoms with Crippen molar-refractivity contribution in [2.24, 2.45) is 5.73 Å². The maximum atomic E-state index is 6.23. The van der Waals surface area contributed by atoms with E-state index in [-0.39, 0.29) is 12.1 Å². The zero-order valence-corrected chi connectivity index (χ0v) is 13.2. The van der Waals surface area contributed by atoms with E-state index in [2.05, 4.69) is 44.0 Å². The van der Waals surface area contributed by atoms with Gasteiger partial charge in [0.15, 0.2) is 0 Å². The molecule has 1 aromatic carbocycles. The molecular weight excluding hydrogens is 260 g/mol. The van der Waals surface area contributed by atoms with Crippen molar-refractivity contribution in [3.8, 4) is 5.75 Å². The fourth-order valence-corrected chi connectivity index (χ4v) is 2.27. The summed E-state index contributed by atoms with van der Waals surface area (Å²) in [6.45, 7) is 8.39. The number of rotatable bonds is 5. The highest BCUT2D eigenvalue weighted by molar-refractivity contribution is 5.38. The van der Waals surface area contributed by atoms with Crippen LogP contribution in [-0.4, -0.2) is 11.0 Å². The lowest BCUT2D eigenvalue weighted by atomic mass is 10.0. The lowest BCUT2D eigenvalue weighted by Gasteiger charge is -2.24. The molecule has 0 spiro atoms. The van der Waals surface area contributed by atoms with Crippen LogP contribution in [0, 0.1) is 6.92 Å². The first-order chi connectivity index (χ1) is 9.99. The Labute approximate surface area is 127 Å². The maximum Gasteiger partial charge on any atom is 0.139 e. The largest absolute Gasteiger partial charge is 0.484 e. The normalized spacial score (nSPS) is 14.0. The van der Waals surface area contributed by atoms with Crippen molar-refractivity contribution in [2.75, 3.05) is 0 Å². The highest BCUT2D eigenvalue weighted by atomic mass is 16.5. The molecule has 0 aliphatic carbocycles. The topological polar surface area (TPSA) is 48.1 Å². The number of ether oxygens (including phenoxy) is 1. The molecule has 0 radical (unpaired) electrons. The Morgan fingerprint density at radius 3 is 2.24 bits per heavy atom. The van der Waals surface area contributed by atoms with Crippen LogP contribution >= 0.6 is 0 Å². The monoisotopic (exact) mass is 284 g/mol. The molecule has 0 saturated carbocycles. The van der Waals surface area contributed by atoms with Crippen molar-refractivity contribution in [1.82, 2.24) is 4.98 Å². The number of benzene rings is 1. The summed E-state index contributed by atoms with van der Waals surface area (Å²) in [6.07, 6.45) is 3.37. The van der Waals surface area contributed by atoms with Crippen LogP contribution in [0.1, 0.15) is 49.5 Å². The second-order valence-corrected chi connectivity index (χ2v) is 5.86. The SMILES string of the molecule is Cc1ccc(C(C)C)cc1OC(c1ccncc1)C(C)N. The van der Waals surface area contributed by atoms with Gasteiger partial charge in [0.25, 0.3) is 0 Å². The minimum atomic E-state index is -0.172. The van der Waals surface area contributed by atoms with Crippen LogP contribution in [-0.2, 0) is 0 Å². The molecule has 3 nitrogen and oxygen atoms in total. The molecule has 1 heterocycles. The summed E-state index contributed by atoms with van der Waals surface area (Å²) in [6, 6.07) is 10.2. The van der Waals surface area contributed by atoms with Gasteiger partial charge in [0.1, 0.15) is 11.9 Å². The Hall–Kier alpha value is -1.87. The van der Waals surface area contributed by atoms with Gasteiger partial charge >= 0.3 is 0 Å². The quantitative estimate of drug-likeness (QED) is 0.903. The highest BCUT2D eigenvalue weighted by Crippen LogP contribution is 2.29. The van der Waals surface area contributed by atoms with Crippen LogP contribution < -0.4 is 10.5 Å². The van der Waals surface area contributed by atoms with Crippen molar-refractivity contribution in [3.05, 3.63) is 59.4 Å². The molecule has 2 aromatic rings. The van der Waals surface area contributed by atoms with E-state index in [1.807, 2.05) is 19.1 Å². The summed E-state index contributed by atoms with van der Waals surface area (Å²) in [5.41, 5.74) is 9.57. The molecule has 21 heavy (non-hydrogen) atoms. The molecule has 1 aromatic heterocycles. The Kier molecular flexibility index (Phi) is 4.97. The standard InChI is InChI=1S/C18H24N2O/c1-12(2)16-6-5-13(3)17(11-16)21-18(14(4)19)15-7-9-20-10-8-15/h5-12,14,18H,19H2,1-4H3. The third kappa shape index (κ3) is 3.82. The Morgan fingerprint density at radius 1 is 1.00 bits per heavy atom. The van der Waals surface area contributed by atoms with Crippen LogP contribution in [0.4, 0.5) is 0 Å². The number of aromatic nitrogens is 1. The number of aryl methyl sites for hydroxylation is 1. The first-order valence-corrected chi connectivity index (χ1v) is 7.41. The van der Waals surface area contributed by atoms with Crippen molar-refractivity contribution < 1.29 is 4.74 Å². The first kappa shape index (κ1) is 15.5. The van der Waals surface area contributed by atoms with E-state index in [9.17, 15) is 0 Å². The van der Waals surface area contributed by atoms with Gasteiger partial charge in [-0.1, -0.05) is 26.0 Å². The summed E-state index contributed by atoms with van der Waals surface area (Å²) in [7, 11) is 0. The number of nitrogens with zero attached hydrogens (tertiary/aromatic N) is 1. The van der Waals surface area contributed by atoms with Crippen LogP contribution in [0.3, 0.4) is 0 Å². The van der Waals surface area contributed by atoms with E-state index in [0.29, 0.717) is 5.92 Å². The molecule has 0 saturated heterocycles. The summed E-state index contributed by atoms with van der Waals surface area (Å²) in [5.74, 6) is 1.38. The predicted octanol–water partition coefficient (Wildman–Crippen LogP) is 3.98. The van der Waals surface area contributed by atoms with Gasteiger partial charge in [-0.25, -0.2) is 0 Å². The van der Waals surface area contributed by atoms with Gasteiger partial charge in [-0.2, -0.15) is 0 Å². The molecule has 2 N–H and O–H groups in total. The highest BCUT2D eigenvalue weighted by Gasteiger charge is 2.19. The van der Waals surface area contributed by atoms with Crippen molar-refractivity contribution in [3.63, 3.8) is 0 Å². The second kappa shape index (κ2) is 6.72. The van der Waals surface area contributed by atoms with Gasteiger partial charge in [-0.05, 0) is 54.7 Å². The molecular formula is C18H24N2O. The van der Waals surface area contributed by atoms with Gasteiger partial charge in [-0.15, -0.1) is 0 Å². The third-order valence-electron chi connectivity index (χ3n) is 3.64. The van der Waals surface area contributed by atoms with Crippen molar-refractivity contribution in [2.45, 2.75) is 45.8 Å². The Bertz CT molecular complexity index is 579. The molecule has 0 bridgehead atoms. The third-order valence-corrected chi connectivity index (χ3v) is 3.64. The molecule has 0 aliphatic heterocycles. The second-order valence-electron chi connectivity index (χ2n) is 5.86. The zero-order valence-electron chi connectivity index (χ0n) is 13.2. The van der Waals surface area contributed by atoms with Gasteiger partial charge in [0, 0.05) is 18.4 Å². The molecule has 0 amide bonds. The number of hydrogen-bond acceptors (Lipinski definition) is 3. The summed E-state index contributed by atoms with van der Waals surface area (Å²) in [5, 5.41) is 0. The molecule has 0 fully saturated rings. The molecule has 2 rings (SSSR count). The van der Waals surface area contributed by atoms with Crippen LogP contribution in [0.25, 0.3) is 0 Å². The summed E-state index contributed by atoms with van der Waals surface area (Å²) < 4.78 is 6.23. The average molecular weight is 284 g/mol. The fraction of sp³-hybridized carbons (Fsp3) is 0.389. The van der Waals surface area contributed by atoms with Crippen molar-refractivity contribution in [1.29, 1.82) is 0 Å². The van der Waals surface area contributed by atoms with Gasteiger partial charge in [0.2, 0.25) is 0 Å². The maximum absolute atomic E-state index is 6.23. The number of hydrogen-bond donors (Lipinski definition) is 1. The van der Waals surface area contributed by atoms with E-state index < -0.39 is 0 Å². The molecule has 3 heteroatoms. The number of nitrogens with two attached hydrogens (primary N) is 1. The number of pyridine rings is 1. The molecule has 0 aliphatic rings. The smallest absolute Gasteiger partial charge is 0.139 e. The molecule has 2 unspecified atom stereocenters. The first-order valence-electron chi connectivity index (χ1n) is 7.41. The predicted molar refractivity (Wildman–Crippen MR) is 86.5 cm³/mol. The lowest BCUT2D eigenvalue weighted by molar-refractivity contribution is 0.179. The summed E-state index contributed by atoms with van der Waals surface area (Å²) in [4.78, 5) is 4.05. The lowest BCUT2D eigenvalue weighted by Crippen LogP contribution is -2.29. The Morgan fingerprint density at radius 2 is 1.67 bits per heavy atom. The van der Waals surface area contributed by atoms with Crippen molar-refractivity contribution >= 4 is 0 Å². The van der Waals surface area contributed by atoms with E-state index in [1.54, 1.807) is 12.4 Å². The Balaban J connectivity index is 2.31. The fourth-order valence-electron chi connectivity index (χ4n) is 2.27. The summed E-state index contributed by atoms with van der Waals surface area (Å²) >= 11 is 0. The molecule has 2 atom stereocenters. The average Bonchev–Trinajstić information content (AvgIpc) is 2.46. The minimum absolute atomic E-state index is 0.102. The van der Waals surface area contributed by atoms with Crippen LogP contribution in [0.15, 0.2) is 42.7 Å². The van der Waals surface area contributed by atoms with Gasteiger partial charge in [0.05, 0.1) is 0 Å². The molecule has 112 valence electrons. The van der Waals surface area contributed by atoms with E-state index in [0.717, 1.165) is 16.9 Å². The minimum Gasteiger partial charge on any atom is -0.484 e. The van der Waals surface area contributed by atoms with Crippen LogP contribution in [0.5, 0.6) is 5.75 Å².